The van der Waals surface area contributed by atoms with Crippen molar-refractivity contribution in [2.75, 3.05) is 32.1 Å². The zero-order valence-electron chi connectivity index (χ0n) is 27.5. The third-order valence-corrected chi connectivity index (χ3v) is 8.67. The van der Waals surface area contributed by atoms with Gasteiger partial charge in [0.2, 0.25) is 5.91 Å². The van der Waals surface area contributed by atoms with Crippen molar-refractivity contribution in [1.82, 2.24) is 9.80 Å². The van der Waals surface area contributed by atoms with Crippen LogP contribution in [0.2, 0.25) is 0 Å². The average molecular weight is 678 g/mol. The van der Waals surface area contributed by atoms with Gasteiger partial charge in [-0.3, -0.25) is 14.5 Å². The van der Waals surface area contributed by atoms with E-state index < -0.39 is 42.0 Å². The van der Waals surface area contributed by atoms with Gasteiger partial charge in [0.05, 0.1) is 35.9 Å². The summed E-state index contributed by atoms with van der Waals surface area (Å²) in [4.78, 5) is 30.6. The van der Waals surface area contributed by atoms with Crippen LogP contribution >= 0.6 is 0 Å². The maximum Gasteiger partial charge on any atom is 0.419 e. The zero-order chi connectivity index (χ0) is 35.3. The number of aliphatic hydroxyl groups excluding tert-OH is 1. The Hall–Kier alpha value is -4.74. The number of nitrogens with one attached hydrogen (secondary N) is 1. The highest BCUT2D eigenvalue weighted by Gasteiger charge is 2.35. The summed E-state index contributed by atoms with van der Waals surface area (Å²) < 4.78 is 59.8. The van der Waals surface area contributed by atoms with Gasteiger partial charge in [0, 0.05) is 25.6 Å². The third-order valence-electron chi connectivity index (χ3n) is 8.67. The minimum absolute atomic E-state index is 0.0479. The molecule has 0 unspecified atom stereocenters. The SMILES string of the molecule is C[C@@H]1CN([C@@H](C)CO)C(=O)c2cccc(NC(=O)Cc3ccc(C(F)(F)F)c(F)c3)c2O[C@@H]1CN(C)Cc1ccc(-c2ccccc2)cc1. The van der Waals surface area contributed by atoms with E-state index in [1.807, 2.05) is 32.2 Å². The maximum atomic E-state index is 14.2. The van der Waals surface area contributed by atoms with E-state index in [0.29, 0.717) is 31.8 Å². The van der Waals surface area contributed by atoms with E-state index in [1.54, 1.807) is 30.0 Å². The van der Waals surface area contributed by atoms with Crippen LogP contribution in [0.5, 0.6) is 5.75 Å². The number of para-hydroxylation sites is 1. The van der Waals surface area contributed by atoms with E-state index >= 15 is 0 Å². The second kappa shape index (κ2) is 15.2. The van der Waals surface area contributed by atoms with Crippen LogP contribution in [0.15, 0.2) is 91.0 Å². The fourth-order valence-corrected chi connectivity index (χ4v) is 5.95. The highest BCUT2D eigenvalue weighted by atomic mass is 19.4. The van der Waals surface area contributed by atoms with Crippen molar-refractivity contribution in [3.63, 3.8) is 0 Å². The molecule has 0 aliphatic carbocycles. The van der Waals surface area contributed by atoms with Crippen molar-refractivity contribution >= 4 is 17.5 Å². The molecule has 0 radical (unpaired) electrons. The Labute approximate surface area is 283 Å². The van der Waals surface area contributed by atoms with Gasteiger partial charge < -0.3 is 20.1 Å². The molecule has 0 bridgehead atoms. The quantitative estimate of drug-likeness (QED) is 0.176. The van der Waals surface area contributed by atoms with Crippen molar-refractivity contribution in [3.05, 3.63) is 119 Å². The first-order chi connectivity index (χ1) is 23.3. The van der Waals surface area contributed by atoms with Crippen LogP contribution in [0.4, 0.5) is 23.2 Å². The average Bonchev–Trinajstić information content (AvgIpc) is 3.06. The number of nitrogens with zero attached hydrogens (tertiary/aromatic N) is 2. The van der Waals surface area contributed by atoms with Crippen molar-refractivity contribution in [2.45, 2.75) is 45.1 Å². The summed E-state index contributed by atoms with van der Waals surface area (Å²) in [7, 11) is 1.97. The van der Waals surface area contributed by atoms with E-state index in [9.17, 15) is 32.3 Å². The molecule has 1 heterocycles. The Balaban J connectivity index is 1.37. The van der Waals surface area contributed by atoms with E-state index in [-0.39, 0.29) is 41.0 Å². The van der Waals surface area contributed by atoms with Crippen molar-refractivity contribution in [2.24, 2.45) is 5.92 Å². The molecule has 2 N–H and O–H groups in total. The summed E-state index contributed by atoms with van der Waals surface area (Å²) in [5, 5.41) is 12.7. The molecule has 49 heavy (non-hydrogen) atoms. The summed E-state index contributed by atoms with van der Waals surface area (Å²) in [6, 6.07) is 25.0. The predicted octanol–water partition coefficient (Wildman–Crippen LogP) is 7.04. The third kappa shape index (κ3) is 8.65. The van der Waals surface area contributed by atoms with Crippen LogP contribution in [0.25, 0.3) is 11.1 Å². The number of hydrogen-bond acceptors (Lipinski definition) is 5. The van der Waals surface area contributed by atoms with Crippen molar-refractivity contribution < 1.29 is 37.0 Å². The van der Waals surface area contributed by atoms with Gasteiger partial charge in [0.25, 0.3) is 5.91 Å². The van der Waals surface area contributed by atoms with E-state index in [1.165, 1.54) is 0 Å². The number of aliphatic hydroxyl groups is 1. The molecule has 5 rings (SSSR count). The maximum absolute atomic E-state index is 14.2. The molecule has 7 nitrogen and oxygen atoms in total. The van der Waals surface area contributed by atoms with Gasteiger partial charge in [-0.15, -0.1) is 0 Å². The number of anilines is 1. The molecule has 0 saturated heterocycles. The highest BCUT2D eigenvalue weighted by Crippen LogP contribution is 2.36. The Kier molecular flexibility index (Phi) is 11.0. The minimum atomic E-state index is -4.86. The van der Waals surface area contributed by atoms with Crippen LogP contribution in [0, 0.1) is 11.7 Å². The molecular weight excluding hydrogens is 638 g/mol. The van der Waals surface area contributed by atoms with Gasteiger partial charge in [0.1, 0.15) is 11.9 Å². The predicted molar refractivity (Wildman–Crippen MR) is 180 cm³/mol. The number of amides is 2. The van der Waals surface area contributed by atoms with E-state index in [0.717, 1.165) is 22.8 Å². The second-order valence-corrected chi connectivity index (χ2v) is 12.6. The molecule has 0 aromatic heterocycles. The first kappa shape index (κ1) is 35.6. The molecule has 0 spiro atoms. The topological polar surface area (TPSA) is 82.1 Å². The Morgan fingerprint density at radius 3 is 2.33 bits per heavy atom. The number of rotatable bonds is 10. The van der Waals surface area contributed by atoms with E-state index in [4.69, 9.17) is 4.74 Å². The van der Waals surface area contributed by atoms with Crippen LogP contribution in [-0.2, 0) is 23.9 Å². The summed E-state index contributed by atoms with van der Waals surface area (Å²) in [5.74, 6) is -2.52. The largest absolute Gasteiger partial charge is 0.486 e. The number of hydrogen-bond donors (Lipinski definition) is 2. The van der Waals surface area contributed by atoms with Crippen LogP contribution in [0.1, 0.15) is 40.9 Å². The second-order valence-electron chi connectivity index (χ2n) is 12.6. The number of carbonyl (C=O) groups excluding carboxylic acids is 2. The lowest BCUT2D eigenvalue weighted by Crippen LogP contribution is -2.49. The Morgan fingerprint density at radius 2 is 1.67 bits per heavy atom. The Morgan fingerprint density at radius 1 is 1.00 bits per heavy atom. The minimum Gasteiger partial charge on any atom is -0.486 e. The van der Waals surface area contributed by atoms with Gasteiger partial charge in [0.15, 0.2) is 5.75 Å². The molecule has 0 fully saturated rings. The number of fused-ring (bicyclic) bond motifs is 1. The van der Waals surface area contributed by atoms with E-state index in [2.05, 4.69) is 46.6 Å². The first-order valence-electron chi connectivity index (χ1n) is 16.0. The monoisotopic (exact) mass is 677 g/mol. The molecule has 1 aliphatic rings. The lowest BCUT2D eigenvalue weighted by molar-refractivity contribution is -0.140. The molecule has 1 aliphatic heterocycles. The van der Waals surface area contributed by atoms with Gasteiger partial charge in [-0.05, 0) is 60.5 Å². The molecule has 4 aromatic carbocycles. The highest BCUT2D eigenvalue weighted by molar-refractivity contribution is 6.02. The fourth-order valence-electron chi connectivity index (χ4n) is 5.95. The summed E-state index contributed by atoms with van der Waals surface area (Å²) >= 11 is 0. The number of carbonyl (C=O) groups is 2. The van der Waals surface area contributed by atoms with Crippen molar-refractivity contribution in [3.8, 4) is 16.9 Å². The fraction of sp³-hybridized carbons (Fsp3) is 0.316. The standard InChI is InChI=1S/C38H39F4N3O4/c1-24-20-45(25(2)23-46)37(48)30-10-7-11-33(43-35(47)19-27-14-17-31(32(39)18-27)38(40,41)42)36(30)49-34(24)22-44(3)21-26-12-15-29(16-13-26)28-8-5-4-6-9-28/h4-18,24-25,34,46H,19-23H2,1-3H3,(H,43,47)/t24-,25+,34-/m1/s1. The molecule has 4 aromatic rings. The Bertz CT molecular complexity index is 1770. The molecule has 3 atom stereocenters. The number of benzene rings is 4. The molecule has 11 heteroatoms. The molecule has 258 valence electrons. The molecular formula is C38H39F4N3O4. The van der Waals surface area contributed by atoms with Gasteiger partial charge in [-0.2, -0.15) is 13.2 Å². The normalized spacial score (nSPS) is 17.2. The van der Waals surface area contributed by atoms with Crippen LogP contribution in [0.3, 0.4) is 0 Å². The number of alkyl halides is 3. The number of halogens is 4. The first-order valence-corrected chi connectivity index (χ1v) is 16.0. The lowest BCUT2D eigenvalue weighted by Gasteiger charge is -2.38. The van der Waals surface area contributed by atoms with Crippen LogP contribution < -0.4 is 10.1 Å². The summed E-state index contributed by atoms with van der Waals surface area (Å²) in [6.07, 6.45) is -5.71. The zero-order valence-corrected chi connectivity index (χ0v) is 27.5. The molecule has 0 saturated carbocycles. The van der Waals surface area contributed by atoms with Crippen molar-refractivity contribution in [1.29, 1.82) is 0 Å². The summed E-state index contributed by atoms with van der Waals surface area (Å²) in [5.41, 5.74) is 2.35. The van der Waals surface area contributed by atoms with Gasteiger partial charge in [-0.1, -0.05) is 73.7 Å². The van der Waals surface area contributed by atoms with Gasteiger partial charge in [-0.25, -0.2) is 4.39 Å². The lowest BCUT2D eigenvalue weighted by atomic mass is 9.98. The van der Waals surface area contributed by atoms with Crippen LogP contribution in [-0.4, -0.2) is 65.6 Å². The summed E-state index contributed by atoms with van der Waals surface area (Å²) in [6.45, 7) is 4.86. The number of ether oxygens (including phenoxy) is 1. The smallest absolute Gasteiger partial charge is 0.419 e. The van der Waals surface area contributed by atoms with Gasteiger partial charge >= 0.3 is 6.18 Å². The molecule has 2 amide bonds. The number of likely N-dealkylation sites (N-methyl/N-ethyl adjacent to an activating group) is 1.